The number of benzene rings is 1. The molecule has 12 heavy (non-hydrogen) atoms. The van der Waals surface area contributed by atoms with Crippen LogP contribution < -0.4 is 0 Å². The Morgan fingerprint density at radius 1 is 1.50 bits per heavy atom. The molecule has 0 fully saturated rings. The molecule has 0 saturated heterocycles. The molecule has 0 bridgehead atoms. The molecule has 0 aliphatic carbocycles. The van der Waals surface area contributed by atoms with Crippen molar-refractivity contribution in [3.8, 4) is 0 Å². The van der Waals surface area contributed by atoms with Gasteiger partial charge in [-0.15, -0.1) is 0 Å². The number of Topliss-reactive ketones (excluding diaryl/α,β-unsaturated/α-hetero) is 1. The Morgan fingerprint density at radius 3 is 2.58 bits per heavy atom. The summed E-state index contributed by atoms with van der Waals surface area (Å²) in [6.45, 7) is 3.53. The fraction of sp³-hybridized carbons (Fsp3) is 0.222. The standard InChI is InChI=1S/C9H8BrIO/c1-5-8(6(2)12)3-7(11)4-9(5)10/h3-4H,1-2H3. The zero-order valence-electron chi connectivity index (χ0n) is 6.82. The number of rotatable bonds is 1. The Labute approximate surface area is 93.8 Å². The highest BCUT2D eigenvalue weighted by Crippen LogP contribution is 2.23. The van der Waals surface area contributed by atoms with Gasteiger partial charge in [-0.25, -0.2) is 0 Å². The minimum atomic E-state index is 0.117. The van der Waals surface area contributed by atoms with Crippen molar-refractivity contribution in [1.29, 1.82) is 0 Å². The predicted molar refractivity (Wildman–Crippen MR) is 61.6 cm³/mol. The first-order valence-electron chi connectivity index (χ1n) is 3.49. The van der Waals surface area contributed by atoms with E-state index in [-0.39, 0.29) is 5.78 Å². The van der Waals surface area contributed by atoms with Crippen LogP contribution in [0.2, 0.25) is 0 Å². The number of halogens is 2. The van der Waals surface area contributed by atoms with Crippen molar-refractivity contribution in [3.63, 3.8) is 0 Å². The first-order chi connectivity index (χ1) is 5.52. The smallest absolute Gasteiger partial charge is 0.160 e. The lowest BCUT2D eigenvalue weighted by Gasteiger charge is -2.04. The maximum absolute atomic E-state index is 11.1. The lowest BCUT2D eigenvalue weighted by molar-refractivity contribution is 0.101. The number of ketones is 1. The second-order valence-corrected chi connectivity index (χ2v) is 4.72. The van der Waals surface area contributed by atoms with Gasteiger partial charge in [-0.1, -0.05) is 15.9 Å². The molecular formula is C9H8BrIO. The lowest BCUT2D eigenvalue weighted by Crippen LogP contribution is -1.97. The molecule has 0 N–H and O–H groups in total. The van der Waals surface area contributed by atoms with Crippen molar-refractivity contribution in [2.45, 2.75) is 13.8 Å². The van der Waals surface area contributed by atoms with Gasteiger partial charge in [0, 0.05) is 13.6 Å². The van der Waals surface area contributed by atoms with Crippen LogP contribution in [0.5, 0.6) is 0 Å². The van der Waals surface area contributed by atoms with Crippen LogP contribution in [0.15, 0.2) is 16.6 Å². The van der Waals surface area contributed by atoms with Crippen molar-refractivity contribution in [2.24, 2.45) is 0 Å². The third kappa shape index (κ3) is 2.07. The van der Waals surface area contributed by atoms with Crippen molar-refractivity contribution in [2.75, 3.05) is 0 Å². The van der Waals surface area contributed by atoms with E-state index in [1.54, 1.807) is 6.92 Å². The normalized spacial score (nSPS) is 10.0. The Kier molecular flexibility index (Phi) is 3.29. The van der Waals surface area contributed by atoms with Crippen molar-refractivity contribution in [1.82, 2.24) is 0 Å². The maximum atomic E-state index is 11.1. The van der Waals surface area contributed by atoms with Gasteiger partial charge in [0.2, 0.25) is 0 Å². The van der Waals surface area contributed by atoms with Crippen molar-refractivity contribution in [3.05, 3.63) is 31.3 Å². The lowest BCUT2D eigenvalue weighted by atomic mass is 10.1. The second-order valence-electron chi connectivity index (χ2n) is 2.62. The summed E-state index contributed by atoms with van der Waals surface area (Å²) in [5, 5.41) is 0. The Hall–Kier alpha value is 0.1000. The summed E-state index contributed by atoms with van der Waals surface area (Å²) in [6, 6.07) is 3.91. The minimum absolute atomic E-state index is 0.117. The van der Waals surface area contributed by atoms with Crippen molar-refractivity contribution < 1.29 is 4.79 Å². The molecule has 0 aliphatic rings. The molecule has 0 atom stereocenters. The Morgan fingerprint density at radius 2 is 2.08 bits per heavy atom. The molecule has 1 rings (SSSR count). The third-order valence-corrected chi connectivity index (χ3v) is 3.13. The van der Waals surface area contributed by atoms with Gasteiger partial charge in [-0.3, -0.25) is 4.79 Å². The summed E-state index contributed by atoms with van der Waals surface area (Å²) in [4.78, 5) is 11.1. The highest BCUT2D eigenvalue weighted by molar-refractivity contribution is 14.1. The summed E-state index contributed by atoms with van der Waals surface area (Å²) < 4.78 is 2.08. The third-order valence-electron chi connectivity index (χ3n) is 1.69. The zero-order chi connectivity index (χ0) is 9.30. The molecule has 0 aromatic heterocycles. The van der Waals surface area contributed by atoms with E-state index in [1.165, 1.54) is 0 Å². The number of carbonyl (C=O) groups is 1. The van der Waals surface area contributed by atoms with Crippen LogP contribution >= 0.6 is 38.5 Å². The molecule has 0 unspecified atom stereocenters. The van der Waals surface area contributed by atoms with Gasteiger partial charge < -0.3 is 0 Å². The topological polar surface area (TPSA) is 17.1 Å². The molecular weight excluding hydrogens is 331 g/mol. The van der Waals surface area contributed by atoms with E-state index in [1.807, 2.05) is 19.1 Å². The number of hydrogen-bond donors (Lipinski definition) is 0. The fourth-order valence-electron chi connectivity index (χ4n) is 1.01. The molecule has 0 aliphatic heterocycles. The van der Waals surface area contributed by atoms with Crippen LogP contribution in [-0.2, 0) is 0 Å². The summed E-state index contributed by atoms with van der Waals surface area (Å²) in [5.41, 5.74) is 1.82. The SMILES string of the molecule is CC(=O)c1cc(I)cc(Br)c1C. The molecule has 0 saturated carbocycles. The van der Waals surface area contributed by atoms with Gasteiger partial charge >= 0.3 is 0 Å². The Balaban J connectivity index is 3.37. The van der Waals surface area contributed by atoms with Crippen LogP contribution in [0.3, 0.4) is 0 Å². The summed E-state index contributed by atoms with van der Waals surface area (Å²) in [5.74, 6) is 0.117. The molecule has 1 aromatic rings. The van der Waals surface area contributed by atoms with E-state index in [4.69, 9.17) is 0 Å². The average molecular weight is 339 g/mol. The van der Waals surface area contributed by atoms with Crippen molar-refractivity contribution >= 4 is 44.3 Å². The summed E-state index contributed by atoms with van der Waals surface area (Å²) >= 11 is 5.61. The maximum Gasteiger partial charge on any atom is 0.160 e. The van der Waals surface area contributed by atoms with E-state index in [9.17, 15) is 4.79 Å². The molecule has 1 nitrogen and oxygen atoms in total. The van der Waals surface area contributed by atoms with Gasteiger partial charge in [0.25, 0.3) is 0 Å². The molecule has 0 heterocycles. The molecule has 0 spiro atoms. The highest BCUT2D eigenvalue weighted by atomic mass is 127. The highest BCUT2D eigenvalue weighted by Gasteiger charge is 2.07. The minimum Gasteiger partial charge on any atom is -0.294 e. The van der Waals surface area contributed by atoms with E-state index in [0.29, 0.717) is 0 Å². The van der Waals surface area contributed by atoms with E-state index < -0.39 is 0 Å². The average Bonchev–Trinajstić information content (AvgIpc) is 1.96. The van der Waals surface area contributed by atoms with Crippen LogP contribution in [-0.4, -0.2) is 5.78 Å². The first kappa shape index (κ1) is 10.2. The predicted octanol–water partition coefficient (Wildman–Crippen LogP) is 3.56. The zero-order valence-corrected chi connectivity index (χ0v) is 10.6. The Bertz CT molecular complexity index is 334. The fourth-order valence-corrected chi connectivity index (χ4v) is 2.52. The number of hydrogen-bond acceptors (Lipinski definition) is 1. The van der Waals surface area contributed by atoms with Crippen LogP contribution in [0.4, 0.5) is 0 Å². The quantitative estimate of drug-likeness (QED) is 0.565. The van der Waals surface area contributed by atoms with Gasteiger partial charge in [0.05, 0.1) is 0 Å². The van der Waals surface area contributed by atoms with E-state index in [2.05, 4.69) is 38.5 Å². The number of carbonyl (C=O) groups excluding carboxylic acids is 1. The monoisotopic (exact) mass is 338 g/mol. The molecule has 3 heteroatoms. The molecule has 64 valence electrons. The van der Waals surface area contributed by atoms with E-state index in [0.717, 1.165) is 19.2 Å². The van der Waals surface area contributed by atoms with Crippen LogP contribution in [0.25, 0.3) is 0 Å². The van der Waals surface area contributed by atoms with Crippen LogP contribution in [0.1, 0.15) is 22.8 Å². The van der Waals surface area contributed by atoms with Gasteiger partial charge in [-0.2, -0.15) is 0 Å². The van der Waals surface area contributed by atoms with Gasteiger partial charge in [0.15, 0.2) is 5.78 Å². The molecule has 0 amide bonds. The molecule has 1 aromatic carbocycles. The largest absolute Gasteiger partial charge is 0.294 e. The van der Waals surface area contributed by atoms with E-state index >= 15 is 0 Å². The molecule has 0 radical (unpaired) electrons. The second kappa shape index (κ2) is 3.87. The summed E-state index contributed by atoms with van der Waals surface area (Å²) in [7, 11) is 0. The van der Waals surface area contributed by atoms with Gasteiger partial charge in [0.1, 0.15) is 0 Å². The van der Waals surface area contributed by atoms with Crippen LogP contribution in [0, 0.1) is 10.5 Å². The first-order valence-corrected chi connectivity index (χ1v) is 5.36. The summed E-state index contributed by atoms with van der Waals surface area (Å²) in [6.07, 6.45) is 0. The van der Waals surface area contributed by atoms with Gasteiger partial charge in [-0.05, 0) is 54.1 Å².